The molecule has 132 valence electrons. The van der Waals surface area contributed by atoms with Gasteiger partial charge < -0.3 is 14.8 Å². The number of amides is 1. The Kier molecular flexibility index (Phi) is 6.30. The van der Waals surface area contributed by atoms with Gasteiger partial charge in [0.2, 0.25) is 0 Å². The molecule has 0 radical (unpaired) electrons. The third kappa shape index (κ3) is 5.72. The summed E-state index contributed by atoms with van der Waals surface area (Å²) in [5.74, 6) is -2.81. The van der Waals surface area contributed by atoms with Gasteiger partial charge in [-0.25, -0.2) is 13.6 Å². The van der Waals surface area contributed by atoms with Gasteiger partial charge in [-0.1, -0.05) is 11.6 Å². The molecule has 2 aromatic carbocycles. The lowest BCUT2D eigenvalue weighted by molar-refractivity contribution is -0.149. The lowest BCUT2D eigenvalue weighted by atomic mass is 10.2. The number of aryl methyl sites for hydroxylation is 1. The van der Waals surface area contributed by atoms with Crippen LogP contribution in [0.4, 0.5) is 14.5 Å². The van der Waals surface area contributed by atoms with Gasteiger partial charge in [-0.2, -0.15) is 0 Å². The number of hydrogen-bond acceptors (Lipinski definition) is 4. The van der Waals surface area contributed by atoms with E-state index in [2.05, 4.69) is 5.32 Å². The summed E-state index contributed by atoms with van der Waals surface area (Å²) in [7, 11) is 0. The number of halogens is 3. The number of rotatable bonds is 6. The fraction of sp³-hybridized carbons (Fsp3) is 0.176. The minimum absolute atomic E-state index is 0.213. The molecule has 0 spiro atoms. The van der Waals surface area contributed by atoms with Gasteiger partial charge in [0.15, 0.2) is 13.2 Å². The Bertz CT molecular complexity index is 798. The Hall–Kier alpha value is -2.67. The smallest absolute Gasteiger partial charge is 0.344 e. The van der Waals surface area contributed by atoms with Crippen molar-refractivity contribution >= 4 is 29.2 Å². The minimum atomic E-state index is -0.930. The fourth-order valence-electron chi connectivity index (χ4n) is 1.81. The number of anilines is 1. The van der Waals surface area contributed by atoms with Gasteiger partial charge in [0, 0.05) is 11.1 Å². The van der Waals surface area contributed by atoms with Gasteiger partial charge in [-0.15, -0.1) is 0 Å². The zero-order valence-electron chi connectivity index (χ0n) is 13.1. The largest absolute Gasteiger partial charge is 0.482 e. The molecule has 25 heavy (non-hydrogen) atoms. The van der Waals surface area contributed by atoms with E-state index in [4.69, 9.17) is 21.1 Å². The van der Waals surface area contributed by atoms with E-state index in [9.17, 15) is 18.4 Å². The highest BCUT2D eigenvalue weighted by molar-refractivity contribution is 6.31. The summed E-state index contributed by atoms with van der Waals surface area (Å²) in [5, 5.41) is 2.74. The first-order valence-electron chi connectivity index (χ1n) is 7.14. The molecule has 0 atom stereocenters. The van der Waals surface area contributed by atoms with Crippen molar-refractivity contribution in [1.29, 1.82) is 0 Å². The molecule has 0 aliphatic carbocycles. The lowest BCUT2D eigenvalue weighted by Gasteiger charge is -2.09. The lowest BCUT2D eigenvalue weighted by Crippen LogP contribution is -2.24. The zero-order valence-corrected chi connectivity index (χ0v) is 13.9. The molecule has 0 bridgehead atoms. The van der Waals surface area contributed by atoms with Gasteiger partial charge in [-0.3, -0.25) is 4.79 Å². The molecule has 0 fully saturated rings. The Morgan fingerprint density at radius 2 is 1.88 bits per heavy atom. The average molecular weight is 370 g/mol. The molecule has 2 rings (SSSR count). The van der Waals surface area contributed by atoms with Crippen molar-refractivity contribution in [3.05, 3.63) is 58.6 Å². The maximum Gasteiger partial charge on any atom is 0.344 e. The van der Waals surface area contributed by atoms with Crippen LogP contribution in [0.5, 0.6) is 5.75 Å². The van der Waals surface area contributed by atoms with Crippen molar-refractivity contribution in [3.8, 4) is 5.75 Å². The van der Waals surface area contributed by atoms with E-state index >= 15 is 0 Å². The molecule has 0 aliphatic heterocycles. The van der Waals surface area contributed by atoms with E-state index < -0.39 is 36.7 Å². The molecule has 5 nitrogen and oxygen atoms in total. The van der Waals surface area contributed by atoms with E-state index in [-0.39, 0.29) is 5.69 Å². The first-order valence-corrected chi connectivity index (χ1v) is 7.52. The van der Waals surface area contributed by atoms with Crippen LogP contribution in [0.3, 0.4) is 0 Å². The van der Waals surface area contributed by atoms with Gasteiger partial charge in [0.1, 0.15) is 17.4 Å². The number of esters is 1. The van der Waals surface area contributed by atoms with Crippen LogP contribution in [0.1, 0.15) is 5.56 Å². The normalized spacial score (nSPS) is 10.2. The Balaban J connectivity index is 1.77. The van der Waals surface area contributed by atoms with Crippen LogP contribution >= 0.6 is 11.6 Å². The van der Waals surface area contributed by atoms with E-state index in [1.165, 1.54) is 0 Å². The van der Waals surface area contributed by atoms with Crippen molar-refractivity contribution in [2.75, 3.05) is 18.5 Å². The van der Waals surface area contributed by atoms with E-state index in [0.29, 0.717) is 16.8 Å². The van der Waals surface area contributed by atoms with Crippen LogP contribution in [0.15, 0.2) is 36.4 Å². The average Bonchev–Trinajstić information content (AvgIpc) is 2.56. The van der Waals surface area contributed by atoms with Crippen molar-refractivity contribution in [1.82, 2.24) is 0 Å². The summed E-state index contributed by atoms with van der Waals surface area (Å²) in [4.78, 5) is 23.2. The second kappa shape index (κ2) is 8.43. The van der Waals surface area contributed by atoms with Crippen molar-refractivity contribution in [2.24, 2.45) is 0 Å². The number of ether oxygens (including phenoxy) is 2. The molecule has 0 saturated carbocycles. The number of benzene rings is 2. The summed E-state index contributed by atoms with van der Waals surface area (Å²) >= 11 is 5.88. The van der Waals surface area contributed by atoms with Crippen molar-refractivity contribution in [2.45, 2.75) is 6.92 Å². The summed E-state index contributed by atoms with van der Waals surface area (Å²) in [5.41, 5.74) is 0.573. The van der Waals surface area contributed by atoms with Crippen LogP contribution < -0.4 is 10.1 Å². The molecule has 1 amide bonds. The summed E-state index contributed by atoms with van der Waals surface area (Å²) in [6.45, 7) is 0.754. The first kappa shape index (κ1) is 18.7. The number of nitrogens with one attached hydrogen (secondary N) is 1. The third-order valence-electron chi connectivity index (χ3n) is 3.06. The van der Waals surface area contributed by atoms with Crippen LogP contribution in [0.25, 0.3) is 0 Å². The molecule has 0 aromatic heterocycles. The van der Waals surface area contributed by atoms with Gasteiger partial charge in [0.05, 0.1) is 5.69 Å². The number of carbonyl (C=O) groups excluding carboxylic acids is 2. The standard InChI is InChI=1S/C17H14ClF2NO4/c1-10-6-12(3-4-13(10)18)24-9-17(23)25-8-16(22)21-15-5-2-11(19)7-14(15)20/h2-7H,8-9H2,1H3,(H,21,22). The third-order valence-corrected chi connectivity index (χ3v) is 3.48. The number of hydrogen-bond donors (Lipinski definition) is 1. The quantitative estimate of drug-likeness (QED) is 0.792. The van der Waals surface area contributed by atoms with Crippen molar-refractivity contribution in [3.63, 3.8) is 0 Å². The first-order chi connectivity index (χ1) is 11.8. The molecule has 8 heteroatoms. The number of carbonyl (C=O) groups is 2. The fourth-order valence-corrected chi connectivity index (χ4v) is 1.93. The van der Waals surface area contributed by atoms with Crippen LogP contribution in [-0.2, 0) is 14.3 Å². The van der Waals surface area contributed by atoms with Gasteiger partial charge >= 0.3 is 5.97 Å². The SMILES string of the molecule is Cc1cc(OCC(=O)OCC(=O)Nc2ccc(F)cc2F)ccc1Cl. The predicted octanol–water partition coefficient (Wildman–Crippen LogP) is 3.49. The predicted molar refractivity (Wildman–Crippen MR) is 87.6 cm³/mol. The second-order valence-electron chi connectivity index (χ2n) is 5.03. The van der Waals surface area contributed by atoms with Crippen LogP contribution in [-0.4, -0.2) is 25.1 Å². The van der Waals surface area contributed by atoms with E-state index in [1.807, 2.05) is 0 Å². The summed E-state index contributed by atoms with van der Waals surface area (Å²) < 4.78 is 36.1. The topological polar surface area (TPSA) is 64.6 Å². The highest BCUT2D eigenvalue weighted by Crippen LogP contribution is 2.21. The Morgan fingerprint density at radius 1 is 1.12 bits per heavy atom. The molecule has 0 saturated heterocycles. The van der Waals surface area contributed by atoms with E-state index in [0.717, 1.165) is 17.7 Å². The maximum atomic E-state index is 13.4. The molecule has 2 aromatic rings. The second-order valence-corrected chi connectivity index (χ2v) is 5.44. The maximum absolute atomic E-state index is 13.4. The minimum Gasteiger partial charge on any atom is -0.482 e. The van der Waals surface area contributed by atoms with Crippen molar-refractivity contribution < 1.29 is 27.8 Å². The molecule has 0 heterocycles. The Morgan fingerprint density at radius 3 is 2.56 bits per heavy atom. The molecule has 0 aliphatic rings. The van der Waals surface area contributed by atoms with Crippen LogP contribution in [0.2, 0.25) is 5.02 Å². The van der Waals surface area contributed by atoms with Crippen LogP contribution in [0, 0.1) is 18.6 Å². The Labute approximate surface area is 147 Å². The summed E-state index contributed by atoms with van der Waals surface area (Å²) in [6.07, 6.45) is 0. The van der Waals surface area contributed by atoms with E-state index in [1.54, 1.807) is 25.1 Å². The molecule has 0 unspecified atom stereocenters. The molecular weight excluding hydrogens is 356 g/mol. The molecular formula is C17H14ClF2NO4. The van der Waals surface area contributed by atoms with Gasteiger partial charge in [-0.05, 0) is 42.8 Å². The summed E-state index contributed by atoms with van der Waals surface area (Å²) in [6, 6.07) is 7.56. The van der Waals surface area contributed by atoms with Gasteiger partial charge in [0.25, 0.3) is 5.91 Å². The highest BCUT2D eigenvalue weighted by atomic mass is 35.5. The zero-order chi connectivity index (χ0) is 18.4. The highest BCUT2D eigenvalue weighted by Gasteiger charge is 2.11. The monoisotopic (exact) mass is 369 g/mol. The molecule has 1 N–H and O–H groups in total.